The molecule has 1 aliphatic heterocycles. The minimum atomic E-state index is -1.33. The van der Waals surface area contributed by atoms with Crippen molar-refractivity contribution in [2.24, 2.45) is 5.92 Å². The molecule has 7 heteroatoms. The van der Waals surface area contributed by atoms with Gasteiger partial charge in [-0.25, -0.2) is 4.79 Å². The Bertz CT molecular complexity index is 551. The molecule has 100 valence electrons. The molecule has 2 rings (SSSR count). The molecule has 1 saturated heterocycles. The molecule has 1 aromatic heterocycles. The number of ether oxygens (including phenoxy) is 1. The zero-order valence-electron chi connectivity index (χ0n) is 9.98. The number of hydrogen-bond acceptors (Lipinski definition) is 4. The first-order valence-electron chi connectivity index (χ1n) is 5.87. The first-order valence-corrected chi connectivity index (χ1v) is 5.87. The van der Waals surface area contributed by atoms with Crippen LogP contribution < -0.4 is 11.2 Å². The van der Waals surface area contributed by atoms with Crippen molar-refractivity contribution in [1.29, 1.82) is 0 Å². The van der Waals surface area contributed by atoms with Gasteiger partial charge in [-0.1, -0.05) is 6.92 Å². The molecule has 2 atom stereocenters. The first-order chi connectivity index (χ1) is 8.54. The molecular formula is C11H15FN2O4. The average molecular weight is 258 g/mol. The van der Waals surface area contributed by atoms with E-state index >= 15 is 0 Å². The quantitative estimate of drug-likeness (QED) is 0.811. The Morgan fingerprint density at radius 2 is 2.28 bits per heavy atom. The molecule has 0 aromatic carbocycles. The predicted molar refractivity (Wildman–Crippen MR) is 61.1 cm³/mol. The van der Waals surface area contributed by atoms with E-state index in [4.69, 9.17) is 4.74 Å². The van der Waals surface area contributed by atoms with Gasteiger partial charge in [-0.05, 0) is 12.8 Å². The minimum Gasteiger partial charge on any atom is -0.492 e. The maximum absolute atomic E-state index is 13.2. The van der Waals surface area contributed by atoms with Crippen LogP contribution in [0.1, 0.15) is 19.8 Å². The van der Waals surface area contributed by atoms with Crippen molar-refractivity contribution in [2.45, 2.75) is 32.4 Å². The molecule has 0 spiro atoms. The molecular weight excluding hydrogens is 243 g/mol. The van der Waals surface area contributed by atoms with Gasteiger partial charge in [-0.15, -0.1) is 0 Å². The van der Waals surface area contributed by atoms with E-state index in [9.17, 15) is 19.1 Å². The van der Waals surface area contributed by atoms with Gasteiger partial charge in [0.05, 0.1) is 6.10 Å². The predicted octanol–water partition coefficient (Wildman–Crippen LogP) is 0.196. The van der Waals surface area contributed by atoms with Crippen LogP contribution in [0.25, 0.3) is 0 Å². The van der Waals surface area contributed by atoms with Gasteiger partial charge in [0.2, 0.25) is 11.7 Å². The molecule has 1 fully saturated rings. The molecule has 1 aromatic rings. The molecule has 2 unspecified atom stereocenters. The highest BCUT2D eigenvalue weighted by atomic mass is 19.1. The molecule has 2 N–H and O–H groups in total. The fourth-order valence-corrected chi connectivity index (χ4v) is 2.29. The van der Waals surface area contributed by atoms with Crippen LogP contribution in [-0.2, 0) is 11.3 Å². The molecule has 0 bridgehead atoms. The van der Waals surface area contributed by atoms with E-state index in [0.29, 0.717) is 6.61 Å². The number of nitrogens with one attached hydrogen (secondary N) is 1. The summed E-state index contributed by atoms with van der Waals surface area (Å²) in [5.41, 5.74) is -2.01. The SMILES string of the molecule is CCC1OCCC1Cn1c(O)c(F)c(=O)[nH]c1=O. The van der Waals surface area contributed by atoms with Crippen molar-refractivity contribution in [1.82, 2.24) is 9.55 Å². The summed E-state index contributed by atoms with van der Waals surface area (Å²) in [4.78, 5) is 24.3. The lowest BCUT2D eigenvalue weighted by molar-refractivity contribution is 0.0823. The van der Waals surface area contributed by atoms with Crippen molar-refractivity contribution in [3.05, 3.63) is 26.7 Å². The summed E-state index contributed by atoms with van der Waals surface area (Å²) in [5.74, 6) is -2.21. The normalized spacial score (nSPS) is 23.4. The van der Waals surface area contributed by atoms with Gasteiger partial charge in [-0.2, -0.15) is 4.39 Å². The van der Waals surface area contributed by atoms with Gasteiger partial charge < -0.3 is 9.84 Å². The highest BCUT2D eigenvalue weighted by molar-refractivity contribution is 5.09. The summed E-state index contributed by atoms with van der Waals surface area (Å²) in [5, 5.41) is 9.51. The van der Waals surface area contributed by atoms with Gasteiger partial charge in [-0.3, -0.25) is 14.3 Å². The second-order valence-corrected chi connectivity index (χ2v) is 4.37. The molecule has 0 aliphatic carbocycles. The van der Waals surface area contributed by atoms with Gasteiger partial charge >= 0.3 is 5.69 Å². The van der Waals surface area contributed by atoms with E-state index in [1.54, 1.807) is 0 Å². The molecule has 18 heavy (non-hydrogen) atoms. The number of nitrogens with zero attached hydrogens (tertiary/aromatic N) is 1. The largest absolute Gasteiger partial charge is 0.492 e. The van der Waals surface area contributed by atoms with Gasteiger partial charge in [0, 0.05) is 19.1 Å². The fraction of sp³-hybridized carbons (Fsp3) is 0.636. The summed E-state index contributed by atoms with van der Waals surface area (Å²) in [6.45, 7) is 2.68. The Morgan fingerprint density at radius 3 is 2.94 bits per heavy atom. The number of aromatic nitrogens is 2. The average Bonchev–Trinajstić information content (AvgIpc) is 2.79. The van der Waals surface area contributed by atoms with E-state index in [0.717, 1.165) is 17.4 Å². The highest BCUT2D eigenvalue weighted by Crippen LogP contribution is 2.25. The van der Waals surface area contributed by atoms with E-state index in [1.165, 1.54) is 0 Å². The van der Waals surface area contributed by atoms with Crippen LogP contribution in [0.3, 0.4) is 0 Å². The number of halogens is 1. The summed E-state index contributed by atoms with van der Waals surface area (Å²) in [7, 11) is 0. The summed E-state index contributed by atoms with van der Waals surface area (Å²) in [6.07, 6.45) is 1.52. The van der Waals surface area contributed by atoms with E-state index in [2.05, 4.69) is 0 Å². The topological polar surface area (TPSA) is 84.3 Å². The van der Waals surface area contributed by atoms with Crippen molar-refractivity contribution in [3.63, 3.8) is 0 Å². The van der Waals surface area contributed by atoms with Crippen LogP contribution in [0.15, 0.2) is 9.59 Å². The molecule has 0 saturated carbocycles. The highest BCUT2D eigenvalue weighted by Gasteiger charge is 2.28. The van der Waals surface area contributed by atoms with E-state index < -0.39 is 22.9 Å². The number of rotatable bonds is 3. The number of hydrogen-bond donors (Lipinski definition) is 2. The second kappa shape index (κ2) is 4.93. The zero-order valence-corrected chi connectivity index (χ0v) is 9.98. The fourth-order valence-electron chi connectivity index (χ4n) is 2.29. The summed E-state index contributed by atoms with van der Waals surface area (Å²) >= 11 is 0. The van der Waals surface area contributed by atoms with Crippen molar-refractivity contribution < 1.29 is 14.2 Å². The number of aromatic amines is 1. The van der Waals surface area contributed by atoms with Crippen molar-refractivity contribution >= 4 is 0 Å². The van der Waals surface area contributed by atoms with Gasteiger partial charge in [0.15, 0.2) is 0 Å². The standard InChI is InChI=1S/C11H15FN2O4/c1-2-7-6(3-4-18-7)5-14-10(16)8(12)9(15)13-11(14)17/h6-7,16H,2-5H2,1H3,(H,13,15,17). The van der Waals surface area contributed by atoms with Crippen LogP contribution in [0.4, 0.5) is 4.39 Å². The lowest BCUT2D eigenvalue weighted by atomic mass is 9.99. The molecule has 1 aliphatic rings. The Kier molecular flexibility index (Phi) is 3.51. The van der Waals surface area contributed by atoms with E-state index in [-0.39, 0.29) is 18.6 Å². The third-order valence-corrected chi connectivity index (χ3v) is 3.28. The van der Waals surface area contributed by atoms with Crippen LogP contribution in [0, 0.1) is 11.7 Å². The lowest BCUT2D eigenvalue weighted by Crippen LogP contribution is -2.34. The van der Waals surface area contributed by atoms with Crippen LogP contribution in [-0.4, -0.2) is 27.4 Å². The van der Waals surface area contributed by atoms with Crippen LogP contribution in [0.2, 0.25) is 0 Å². The van der Waals surface area contributed by atoms with Gasteiger partial charge in [0.1, 0.15) is 0 Å². The summed E-state index contributed by atoms with van der Waals surface area (Å²) < 4.78 is 19.5. The smallest absolute Gasteiger partial charge is 0.331 e. The minimum absolute atomic E-state index is 0.00807. The van der Waals surface area contributed by atoms with E-state index in [1.807, 2.05) is 11.9 Å². The third kappa shape index (κ3) is 2.17. The number of H-pyrrole nitrogens is 1. The lowest BCUT2D eigenvalue weighted by Gasteiger charge is -2.18. The first kappa shape index (κ1) is 12.8. The summed E-state index contributed by atoms with van der Waals surface area (Å²) in [6, 6.07) is 0. The molecule has 6 nitrogen and oxygen atoms in total. The maximum Gasteiger partial charge on any atom is 0.331 e. The van der Waals surface area contributed by atoms with Gasteiger partial charge in [0.25, 0.3) is 5.56 Å². The zero-order chi connectivity index (χ0) is 13.3. The van der Waals surface area contributed by atoms with Crippen molar-refractivity contribution in [2.75, 3.05) is 6.61 Å². The Hall–Kier alpha value is -1.63. The molecule has 0 radical (unpaired) electrons. The third-order valence-electron chi connectivity index (χ3n) is 3.28. The Morgan fingerprint density at radius 1 is 1.56 bits per heavy atom. The Labute approximate surface area is 102 Å². The Balaban J connectivity index is 2.32. The molecule has 0 amide bonds. The monoisotopic (exact) mass is 258 g/mol. The second-order valence-electron chi connectivity index (χ2n) is 4.37. The number of aromatic hydroxyl groups is 1. The van der Waals surface area contributed by atoms with Crippen LogP contribution in [0.5, 0.6) is 5.88 Å². The maximum atomic E-state index is 13.2. The van der Waals surface area contributed by atoms with Crippen LogP contribution >= 0.6 is 0 Å². The van der Waals surface area contributed by atoms with Crippen molar-refractivity contribution in [3.8, 4) is 5.88 Å². The molecule has 2 heterocycles.